The zero-order valence-corrected chi connectivity index (χ0v) is 13.1. The summed E-state index contributed by atoms with van der Waals surface area (Å²) in [5.41, 5.74) is 2.74. The highest BCUT2D eigenvalue weighted by Crippen LogP contribution is 2.51. The maximum atomic E-state index is 9.55. The summed E-state index contributed by atoms with van der Waals surface area (Å²) in [5.74, 6) is 0. The lowest BCUT2D eigenvalue weighted by atomic mass is 10.0. The molecule has 2 rings (SSSR count). The Balaban J connectivity index is 2.49. The number of benzene rings is 1. The molecule has 1 aromatic carbocycles. The van der Waals surface area contributed by atoms with Crippen molar-refractivity contribution in [2.75, 3.05) is 4.90 Å². The van der Waals surface area contributed by atoms with Crippen LogP contribution in [0.25, 0.3) is 0 Å². The van der Waals surface area contributed by atoms with Gasteiger partial charge >= 0.3 is 0 Å². The molecule has 1 unspecified atom stereocenters. The molecule has 4 heteroatoms. The highest BCUT2D eigenvalue weighted by atomic mass is 32.2. The first-order valence-electron chi connectivity index (χ1n) is 6.37. The highest BCUT2D eigenvalue weighted by Gasteiger charge is 2.38. The van der Waals surface area contributed by atoms with Crippen LogP contribution in [0.15, 0.2) is 23.1 Å². The smallest absolute Gasteiger partial charge is 0.144 e. The van der Waals surface area contributed by atoms with Gasteiger partial charge in [-0.05, 0) is 50.8 Å². The molecular formula is C14H20N2S2. The number of fused-ring (bicyclic) bond motifs is 1. The van der Waals surface area contributed by atoms with Gasteiger partial charge < -0.3 is 4.90 Å². The molecule has 0 spiro atoms. The Kier molecular flexibility index (Phi) is 4.19. The van der Waals surface area contributed by atoms with Gasteiger partial charge in [-0.1, -0.05) is 42.4 Å². The summed E-state index contributed by atoms with van der Waals surface area (Å²) >= 11 is 2.69. The minimum atomic E-state index is 0.0164. The van der Waals surface area contributed by atoms with E-state index in [1.54, 1.807) is 11.8 Å². The fourth-order valence-electron chi connectivity index (χ4n) is 2.39. The third-order valence-corrected chi connectivity index (χ3v) is 5.03. The van der Waals surface area contributed by atoms with Crippen LogP contribution in [0.3, 0.4) is 0 Å². The molecule has 0 saturated carbocycles. The Morgan fingerprint density at radius 3 is 2.67 bits per heavy atom. The number of thioether (sulfide) groups is 1. The Morgan fingerprint density at radius 2 is 2.11 bits per heavy atom. The summed E-state index contributed by atoms with van der Waals surface area (Å²) in [6.45, 7) is 8.82. The molecule has 0 saturated heterocycles. The second kappa shape index (κ2) is 5.35. The van der Waals surface area contributed by atoms with Crippen LogP contribution < -0.4 is 10.0 Å². The molecular weight excluding hydrogens is 260 g/mol. The van der Waals surface area contributed by atoms with Crippen molar-refractivity contribution in [2.45, 2.75) is 55.7 Å². The van der Waals surface area contributed by atoms with Crippen molar-refractivity contribution in [3.05, 3.63) is 23.8 Å². The number of para-hydroxylation sites is 1. The van der Waals surface area contributed by atoms with E-state index in [2.05, 4.69) is 50.8 Å². The molecule has 0 amide bonds. The quantitative estimate of drug-likeness (QED) is 0.770. The largest absolute Gasteiger partial charge is 0.343 e. The zero-order valence-electron chi connectivity index (χ0n) is 11.4. The Hall–Kier alpha value is -0.320. The van der Waals surface area contributed by atoms with Gasteiger partial charge in [-0.15, -0.1) is 0 Å². The predicted octanol–water partition coefficient (Wildman–Crippen LogP) is 4.35. The van der Waals surface area contributed by atoms with Crippen molar-refractivity contribution in [3.8, 4) is 0 Å². The van der Waals surface area contributed by atoms with Crippen molar-refractivity contribution < 1.29 is 0 Å². The zero-order chi connectivity index (χ0) is 13.3. The average Bonchev–Trinajstić information content (AvgIpc) is 2.68. The van der Waals surface area contributed by atoms with Gasteiger partial charge in [0.2, 0.25) is 0 Å². The van der Waals surface area contributed by atoms with Crippen LogP contribution in [0.5, 0.6) is 0 Å². The molecule has 1 heterocycles. The molecule has 0 aliphatic carbocycles. The lowest BCUT2D eigenvalue weighted by molar-refractivity contribution is 0.523. The van der Waals surface area contributed by atoms with E-state index in [1.807, 2.05) is 0 Å². The van der Waals surface area contributed by atoms with Crippen molar-refractivity contribution >= 4 is 29.4 Å². The third-order valence-electron chi connectivity index (χ3n) is 3.09. The van der Waals surface area contributed by atoms with E-state index in [0.717, 1.165) is 24.8 Å². The molecule has 1 aliphatic heterocycles. The van der Waals surface area contributed by atoms with E-state index >= 15 is 0 Å². The van der Waals surface area contributed by atoms with Crippen molar-refractivity contribution in [1.82, 2.24) is 5.14 Å². The van der Waals surface area contributed by atoms with Crippen LogP contribution >= 0.6 is 23.7 Å². The molecule has 0 aromatic heterocycles. The third kappa shape index (κ3) is 2.51. The molecule has 1 atom stereocenters. The predicted molar refractivity (Wildman–Crippen MR) is 82.0 cm³/mol. The van der Waals surface area contributed by atoms with E-state index < -0.39 is 0 Å². The van der Waals surface area contributed by atoms with Gasteiger partial charge in [0.25, 0.3) is 0 Å². The number of aryl methyl sites for hydroxylation is 1. The maximum absolute atomic E-state index is 9.55. The second-order valence-electron chi connectivity index (χ2n) is 5.59. The Bertz CT molecular complexity index is 426. The molecule has 18 heavy (non-hydrogen) atoms. The summed E-state index contributed by atoms with van der Waals surface area (Å²) in [6, 6.07) is 6.50. The van der Waals surface area contributed by atoms with Gasteiger partial charge in [0.1, 0.15) is 4.71 Å². The van der Waals surface area contributed by atoms with Crippen LogP contribution in [0.2, 0.25) is 0 Å². The number of anilines is 1. The van der Waals surface area contributed by atoms with E-state index in [-0.39, 0.29) is 10.2 Å². The minimum absolute atomic E-state index is 0.0164. The second-order valence-corrected chi connectivity index (χ2v) is 7.66. The standard InChI is InChI=1S/C14H20N2S2/c1-5-7-10-8-6-9-11-12(10)16(14(2,3)4)13(17-11)18-15/h6,8-9,13H,5,7H2,1-4H3. The normalized spacial score (nSPS) is 19.2. The number of hydrogen-bond donors (Lipinski definition) is 0. The van der Waals surface area contributed by atoms with Gasteiger partial charge in [0.15, 0.2) is 0 Å². The average molecular weight is 280 g/mol. The Labute approximate surface area is 119 Å². The summed E-state index contributed by atoms with van der Waals surface area (Å²) in [4.78, 5) is 3.64. The van der Waals surface area contributed by atoms with Gasteiger partial charge in [0.05, 0.1) is 5.69 Å². The Morgan fingerprint density at radius 1 is 1.39 bits per heavy atom. The van der Waals surface area contributed by atoms with Crippen LogP contribution in [0, 0.1) is 0 Å². The van der Waals surface area contributed by atoms with E-state index in [1.165, 1.54) is 16.1 Å². The molecule has 1 aliphatic rings. The number of rotatable bonds is 3. The molecule has 1 aromatic rings. The van der Waals surface area contributed by atoms with Crippen LogP contribution in [-0.2, 0) is 6.42 Å². The summed E-state index contributed by atoms with van der Waals surface area (Å²) in [5, 5.41) is 9.55. The van der Waals surface area contributed by atoms with Crippen LogP contribution in [0.1, 0.15) is 39.7 Å². The minimum Gasteiger partial charge on any atom is -0.343 e. The van der Waals surface area contributed by atoms with E-state index in [4.69, 9.17) is 0 Å². The van der Waals surface area contributed by atoms with Gasteiger partial charge in [-0.2, -0.15) is 0 Å². The van der Waals surface area contributed by atoms with Gasteiger partial charge in [-0.25, -0.2) is 0 Å². The number of nitrogens with zero attached hydrogens (tertiary/aromatic N) is 2. The van der Waals surface area contributed by atoms with E-state index in [0.29, 0.717) is 0 Å². The first-order chi connectivity index (χ1) is 8.49. The maximum Gasteiger partial charge on any atom is 0.144 e. The van der Waals surface area contributed by atoms with Gasteiger partial charge in [-0.3, -0.25) is 0 Å². The number of hydrogen-bond acceptors (Lipinski definition) is 3. The molecule has 2 radical (unpaired) electrons. The molecule has 98 valence electrons. The fraction of sp³-hybridized carbons (Fsp3) is 0.571. The van der Waals surface area contributed by atoms with E-state index in [9.17, 15) is 5.14 Å². The van der Waals surface area contributed by atoms with Crippen molar-refractivity contribution in [3.63, 3.8) is 0 Å². The highest BCUT2D eigenvalue weighted by molar-refractivity contribution is 8.16. The SMILES string of the molecule is CCCc1cccc2c1N(C(C)(C)C)C(S[N])S2. The molecule has 0 bridgehead atoms. The first kappa shape index (κ1) is 14.1. The van der Waals surface area contributed by atoms with Gasteiger partial charge in [0, 0.05) is 10.4 Å². The topological polar surface area (TPSA) is 25.5 Å². The molecule has 0 fully saturated rings. The van der Waals surface area contributed by atoms with Crippen LogP contribution in [-0.4, -0.2) is 10.2 Å². The summed E-state index contributed by atoms with van der Waals surface area (Å²) < 4.78 is 0.0676. The first-order valence-corrected chi connectivity index (χ1v) is 8.08. The molecule has 0 N–H and O–H groups in total. The lowest BCUT2D eigenvalue weighted by Gasteiger charge is -2.38. The van der Waals surface area contributed by atoms with Crippen molar-refractivity contribution in [2.24, 2.45) is 0 Å². The summed E-state index contributed by atoms with van der Waals surface area (Å²) in [7, 11) is 0. The molecule has 2 nitrogen and oxygen atoms in total. The fourth-order valence-corrected chi connectivity index (χ4v) is 4.64. The van der Waals surface area contributed by atoms with Crippen molar-refractivity contribution in [1.29, 1.82) is 0 Å². The monoisotopic (exact) mass is 280 g/mol. The lowest BCUT2D eigenvalue weighted by Crippen LogP contribution is -2.44. The summed E-state index contributed by atoms with van der Waals surface area (Å²) in [6.07, 6.45) is 2.25. The van der Waals surface area contributed by atoms with Crippen LogP contribution in [0.4, 0.5) is 5.69 Å².